The Morgan fingerprint density at radius 1 is 0.846 bits per heavy atom. The Kier molecular flexibility index (Phi) is 5.57. The van der Waals surface area contributed by atoms with Gasteiger partial charge in [-0.3, -0.25) is 25.4 Å². The monoisotopic (exact) mass is 347 g/mol. The third-order valence-corrected chi connectivity index (χ3v) is 3.61. The molecule has 0 saturated heterocycles. The largest absolute Gasteiger partial charge is 0.489 e. The Labute approximate surface area is 150 Å². The molecule has 0 atom stereocenters. The first-order valence-electron chi connectivity index (χ1n) is 8.00. The zero-order valence-corrected chi connectivity index (χ0v) is 13.9. The van der Waals surface area contributed by atoms with E-state index in [0.717, 1.165) is 0 Å². The number of pyridine rings is 1. The van der Waals surface area contributed by atoms with Crippen LogP contribution in [0.25, 0.3) is 0 Å². The van der Waals surface area contributed by atoms with Crippen molar-refractivity contribution >= 4 is 11.8 Å². The van der Waals surface area contributed by atoms with Crippen LogP contribution >= 0.6 is 0 Å². The van der Waals surface area contributed by atoms with E-state index in [9.17, 15) is 9.59 Å². The minimum atomic E-state index is -0.440. The fourth-order valence-electron chi connectivity index (χ4n) is 2.30. The lowest BCUT2D eigenvalue weighted by Gasteiger charge is -2.12. The standard InChI is InChI=1S/C20H17N3O3/c24-19(15-8-6-12-21-13-15)22-23-20(25)18-11-5-4-7-16(18)14-26-17-9-2-1-3-10-17/h1-13H,14H2,(H,22,24)(H,23,25). The van der Waals surface area contributed by atoms with Crippen LogP contribution in [0.1, 0.15) is 26.3 Å². The first-order valence-corrected chi connectivity index (χ1v) is 8.00. The van der Waals surface area contributed by atoms with Gasteiger partial charge >= 0.3 is 0 Å². The normalized spacial score (nSPS) is 10.0. The van der Waals surface area contributed by atoms with Gasteiger partial charge in [-0.2, -0.15) is 0 Å². The van der Waals surface area contributed by atoms with E-state index in [1.165, 1.54) is 6.20 Å². The second-order valence-electron chi connectivity index (χ2n) is 5.41. The van der Waals surface area contributed by atoms with Crippen molar-refractivity contribution in [3.8, 4) is 5.75 Å². The Bertz CT molecular complexity index is 883. The van der Waals surface area contributed by atoms with E-state index in [1.807, 2.05) is 36.4 Å². The number of benzene rings is 2. The third kappa shape index (κ3) is 4.45. The van der Waals surface area contributed by atoms with E-state index >= 15 is 0 Å². The molecule has 0 fully saturated rings. The van der Waals surface area contributed by atoms with Crippen molar-refractivity contribution in [2.75, 3.05) is 0 Å². The predicted octanol–water partition coefficient (Wildman–Crippen LogP) is 2.74. The molecule has 6 nitrogen and oxygen atoms in total. The summed E-state index contributed by atoms with van der Waals surface area (Å²) in [4.78, 5) is 28.3. The van der Waals surface area contributed by atoms with E-state index < -0.39 is 11.8 Å². The van der Waals surface area contributed by atoms with E-state index in [-0.39, 0.29) is 6.61 Å². The van der Waals surface area contributed by atoms with Crippen molar-refractivity contribution in [3.63, 3.8) is 0 Å². The average molecular weight is 347 g/mol. The number of hydrazine groups is 1. The van der Waals surface area contributed by atoms with Crippen LogP contribution in [0.5, 0.6) is 5.75 Å². The molecule has 3 aromatic rings. The summed E-state index contributed by atoms with van der Waals surface area (Å²) in [7, 11) is 0. The van der Waals surface area contributed by atoms with Gasteiger partial charge in [0, 0.05) is 23.5 Å². The lowest BCUT2D eigenvalue weighted by molar-refractivity contribution is 0.0845. The fourth-order valence-corrected chi connectivity index (χ4v) is 2.30. The van der Waals surface area contributed by atoms with Gasteiger partial charge in [-0.25, -0.2) is 0 Å². The summed E-state index contributed by atoms with van der Waals surface area (Å²) in [6, 6.07) is 19.7. The van der Waals surface area contributed by atoms with Crippen molar-refractivity contribution < 1.29 is 14.3 Å². The molecule has 2 aromatic carbocycles. The minimum Gasteiger partial charge on any atom is -0.489 e. The van der Waals surface area contributed by atoms with E-state index in [4.69, 9.17) is 4.74 Å². The molecule has 2 amide bonds. The van der Waals surface area contributed by atoms with Crippen LogP contribution in [0.4, 0.5) is 0 Å². The number of ether oxygens (including phenoxy) is 1. The van der Waals surface area contributed by atoms with Gasteiger partial charge in [0.25, 0.3) is 11.8 Å². The Hall–Kier alpha value is -3.67. The quantitative estimate of drug-likeness (QED) is 0.696. The number of amides is 2. The van der Waals surface area contributed by atoms with Gasteiger partial charge in [0.1, 0.15) is 12.4 Å². The Morgan fingerprint density at radius 2 is 1.58 bits per heavy atom. The molecular formula is C20H17N3O3. The van der Waals surface area contributed by atoms with Gasteiger partial charge in [0.05, 0.1) is 5.56 Å². The second-order valence-corrected chi connectivity index (χ2v) is 5.41. The minimum absolute atomic E-state index is 0.240. The molecule has 1 aromatic heterocycles. The number of para-hydroxylation sites is 1. The van der Waals surface area contributed by atoms with Crippen LogP contribution in [0.15, 0.2) is 79.1 Å². The van der Waals surface area contributed by atoms with Crippen LogP contribution in [0, 0.1) is 0 Å². The molecule has 0 unspecified atom stereocenters. The molecule has 0 saturated carbocycles. The van der Waals surface area contributed by atoms with Crippen molar-refractivity contribution in [3.05, 3.63) is 95.8 Å². The van der Waals surface area contributed by atoms with Crippen LogP contribution in [-0.2, 0) is 6.61 Å². The van der Waals surface area contributed by atoms with Crippen LogP contribution in [0.2, 0.25) is 0 Å². The van der Waals surface area contributed by atoms with Crippen LogP contribution in [-0.4, -0.2) is 16.8 Å². The summed E-state index contributed by atoms with van der Waals surface area (Å²) in [6.45, 7) is 0.240. The zero-order chi connectivity index (χ0) is 18.2. The molecular weight excluding hydrogens is 330 g/mol. The lowest BCUT2D eigenvalue weighted by Crippen LogP contribution is -2.42. The van der Waals surface area contributed by atoms with E-state index in [0.29, 0.717) is 22.4 Å². The van der Waals surface area contributed by atoms with Gasteiger partial charge in [0.2, 0.25) is 0 Å². The number of carbonyl (C=O) groups excluding carboxylic acids is 2. The first kappa shape index (κ1) is 17.2. The average Bonchev–Trinajstić information content (AvgIpc) is 2.72. The van der Waals surface area contributed by atoms with Gasteiger partial charge in [0.15, 0.2) is 0 Å². The maximum absolute atomic E-state index is 12.4. The smallest absolute Gasteiger partial charge is 0.271 e. The maximum Gasteiger partial charge on any atom is 0.271 e. The van der Waals surface area contributed by atoms with Crippen molar-refractivity contribution in [1.82, 2.24) is 15.8 Å². The van der Waals surface area contributed by atoms with Crippen molar-refractivity contribution in [1.29, 1.82) is 0 Å². The Morgan fingerprint density at radius 3 is 2.35 bits per heavy atom. The van der Waals surface area contributed by atoms with Crippen molar-refractivity contribution in [2.24, 2.45) is 0 Å². The molecule has 6 heteroatoms. The van der Waals surface area contributed by atoms with Gasteiger partial charge in [-0.05, 0) is 30.3 Å². The molecule has 130 valence electrons. The summed E-state index contributed by atoms with van der Waals surface area (Å²) in [5.74, 6) is -0.147. The van der Waals surface area contributed by atoms with E-state index in [2.05, 4.69) is 15.8 Å². The lowest BCUT2D eigenvalue weighted by atomic mass is 10.1. The number of carbonyl (C=O) groups is 2. The summed E-state index contributed by atoms with van der Waals surface area (Å²) < 4.78 is 5.70. The van der Waals surface area contributed by atoms with Crippen LogP contribution in [0.3, 0.4) is 0 Å². The molecule has 26 heavy (non-hydrogen) atoms. The zero-order valence-electron chi connectivity index (χ0n) is 13.9. The maximum atomic E-state index is 12.4. The summed E-state index contributed by atoms with van der Waals surface area (Å²) in [5.41, 5.74) is 6.29. The summed E-state index contributed by atoms with van der Waals surface area (Å²) in [6.07, 6.45) is 2.99. The number of hydrogen-bond donors (Lipinski definition) is 2. The molecule has 0 aliphatic carbocycles. The van der Waals surface area contributed by atoms with Crippen LogP contribution < -0.4 is 15.6 Å². The molecule has 3 rings (SSSR count). The number of aromatic nitrogens is 1. The van der Waals surface area contributed by atoms with Crippen molar-refractivity contribution in [2.45, 2.75) is 6.61 Å². The number of hydrogen-bond acceptors (Lipinski definition) is 4. The van der Waals surface area contributed by atoms with Gasteiger partial charge < -0.3 is 4.74 Å². The topological polar surface area (TPSA) is 80.3 Å². The SMILES string of the molecule is O=C(NNC(=O)c1ccccc1COc1ccccc1)c1cccnc1. The third-order valence-electron chi connectivity index (χ3n) is 3.61. The highest BCUT2D eigenvalue weighted by Gasteiger charge is 2.13. The predicted molar refractivity (Wildman–Crippen MR) is 96.4 cm³/mol. The highest BCUT2D eigenvalue weighted by atomic mass is 16.5. The fraction of sp³-hybridized carbons (Fsp3) is 0.0500. The van der Waals surface area contributed by atoms with E-state index in [1.54, 1.807) is 36.5 Å². The molecule has 0 radical (unpaired) electrons. The van der Waals surface area contributed by atoms with Gasteiger partial charge in [-0.15, -0.1) is 0 Å². The summed E-state index contributed by atoms with van der Waals surface area (Å²) in [5, 5.41) is 0. The number of nitrogens with zero attached hydrogens (tertiary/aromatic N) is 1. The highest BCUT2D eigenvalue weighted by Crippen LogP contribution is 2.14. The molecule has 0 bridgehead atoms. The highest BCUT2D eigenvalue weighted by molar-refractivity contribution is 5.99. The van der Waals surface area contributed by atoms with Gasteiger partial charge in [-0.1, -0.05) is 36.4 Å². The molecule has 0 aliphatic rings. The molecule has 0 aliphatic heterocycles. The summed E-state index contributed by atoms with van der Waals surface area (Å²) >= 11 is 0. The second kappa shape index (κ2) is 8.43. The number of rotatable bonds is 5. The molecule has 1 heterocycles. The first-order chi connectivity index (χ1) is 12.7. The number of nitrogens with one attached hydrogen (secondary N) is 2. The Balaban J connectivity index is 1.63. The molecule has 2 N–H and O–H groups in total. The molecule has 0 spiro atoms.